The predicted molar refractivity (Wildman–Crippen MR) is 342 cm³/mol. The summed E-state index contributed by atoms with van der Waals surface area (Å²) in [6.07, 6.45) is -55.3. The van der Waals surface area contributed by atoms with Crippen LogP contribution in [-0.2, 0) is 61.8 Å². The fourth-order valence-corrected chi connectivity index (χ4v) is 13.5. The van der Waals surface area contributed by atoms with E-state index < -0.39 is 212 Å². The molecule has 2 heterocycles. The molecule has 0 amide bonds. The van der Waals surface area contributed by atoms with E-state index in [1.807, 2.05) is 0 Å². The molecule has 3 nitrogen and oxygen atoms in total. The van der Waals surface area contributed by atoms with E-state index in [9.17, 15) is 57.9 Å². The lowest BCUT2D eigenvalue weighted by Gasteiger charge is -2.23. The van der Waals surface area contributed by atoms with Crippen molar-refractivity contribution in [3.8, 4) is 84.2 Å². The van der Waals surface area contributed by atoms with Crippen LogP contribution in [0.25, 0.3) is 122 Å². The summed E-state index contributed by atoms with van der Waals surface area (Å²) in [4.78, 5) is 0. The zero-order valence-electron chi connectivity index (χ0n) is 53.7. The third-order valence-electron chi connectivity index (χ3n) is 18.2. The normalized spacial score (nSPS) is 13.4. The molecule has 0 unspecified atom stereocenters. The Labute approximate surface area is 595 Å². The standard InChI is InChI=1S/C77H33F30N3/c78-68(79,80)41-10-14-45(57(30-41)74(96,97)98)36-5-19-62-50(25-36)51-26-37(46-15-11-42(69(81,82)83)31-58(46)75(99,100)101)6-20-63(51)109(62)61-18-4-35(34-108)24-49(61)54-29-40(67-55(72(90,91)92)2-1-3-56(67)73(93,94)95)9-23-66(54)110-64-21-7-38(47-16-12-43(70(84,85)86)32-59(47)76(102,103)104)27-52(64)53-28-39(8-22-65(53)110)48-17-13-44(71(87,88)89)33-60(48)77(105,106)107/h1-33H. The van der Waals surface area contributed by atoms with Gasteiger partial charge in [-0.25, -0.2) is 0 Å². The number of fused-ring (bicyclic) bond motifs is 6. The molecule has 110 heavy (non-hydrogen) atoms. The fourth-order valence-electron chi connectivity index (χ4n) is 13.5. The Morgan fingerprint density at radius 3 is 0.727 bits per heavy atom. The molecule has 13 aromatic rings. The number of rotatable bonds is 8. The Balaban J connectivity index is 1.18. The van der Waals surface area contributed by atoms with Crippen molar-refractivity contribution >= 4 is 43.6 Å². The molecule has 0 aliphatic carbocycles. The van der Waals surface area contributed by atoms with E-state index in [-0.39, 0.29) is 93.5 Å². The average molecular weight is 1570 g/mol. The highest BCUT2D eigenvalue weighted by molar-refractivity contribution is 6.14. The molecule has 11 aromatic carbocycles. The minimum absolute atomic E-state index is 0.245. The van der Waals surface area contributed by atoms with Crippen LogP contribution in [0.3, 0.4) is 0 Å². The third-order valence-corrected chi connectivity index (χ3v) is 18.2. The molecule has 33 heteroatoms. The van der Waals surface area contributed by atoms with Crippen LogP contribution >= 0.6 is 0 Å². The lowest BCUT2D eigenvalue weighted by molar-refractivity contribution is -0.144. The summed E-state index contributed by atoms with van der Waals surface area (Å²) in [5.74, 6) is 0. The number of hydrogen-bond acceptors (Lipinski definition) is 1. The summed E-state index contributed by atoms with van der Waals surface area (Å²) in [6, 6.07) is 20.5. The van der Waals surface area contributed by atoms with Crippen LogP contribution in [0.2, 0.25) is 0 Å². The van der Waals surface area contributed by atoms with Crippen LogP contribution < -0.4 is 0 Å². The van der Waals surface area contributed by atoms with Gasteiger partial charge in [-0.2, -0.15) is 137 Å². The first-order chi connectivity index (χ1) is 50.8. The summed E-state index contributed by atoms with van der Waals surface area (Å²) in [5, 5.41) is 9.08. The first kappa shape index (κ1) is 76.6. The molecule has 0 fully saturated rings. The van der Waals surface area contributed by atoms with Crippen molar-refractivity contribution in [3.63, 3.8) is 0 Å². The van der Waals surface area contributed by atoms with Crippen molar-refractivity contribution in [2.75, 3.05) is 0 Å². The van der Waals surface area contributed by atoms with Crippen molar-refractivity contribution in [1.82, 2.24) is 9.13 Å². The van der Waals surface area contributed by atoms with E-state index in [1.165, 1.54) is 0 Å². The van der Waals surface area contributed by atoms with Crippen molar-refractivity contribution < 1.29 is 132 Å². The molecule has 0 N–H and O–H groups in total. The van der Waals surface area contributed by atoms with Gasteiger partial charge in [0.05, 0.1) is 101 Å². The molecule has 0 radical (unpaired) electrons. The maximum atomic E-state index is 15.4. The van der Waals surface area contributed by atoms with Crippen molar-refractivity contribution in [3.05, 3.63) is 261 Å². The molecule has 13 rings (SSSR count). The van der Waals surface area contributed by atoms with Gasteiger partial charge in [-0.1, -0.05) is 60.7 Å². The Bertz CT molecular complexity index is 5650. The van der Waals surface area contributed by atoms with E-state index in [0.717, 1.165) is 106 Å². The first-order valence-electron chi connectivity index (χ1n) is 31.1. The molecule has 0 saturated heterocycles. The van der Waals surface area contributed by atoms with Crippen LogP contribution in [0, 0.1) is 11.3 Å². The average Bonchev–Trinajstić information content (AvgIpc) is 1.54. The van der Waals surface area contributed by atoms with Gasteiger partial charge >= 0.3 is 61.8 Å². The fraction of sp³-hybridized carbons (Fsp3) is 0.130. The predicted octanol–water partition coefficient (Wildman–Crippen LogP) is 27.9. The number of benzene rings is 11. The van der Waals surface area contributed by atoms with Crippen molar-refractivity contribution in [2.45, 2.75) is 61.8 Å². The Hall–Kier alpha value is -11.6. The molecule has 566 valence electrons. The van der Waals surface area contributed by atoms with Gasteiger partial charge in [0, 0.05) is 38.2 Å². The summed E-state index contributed by atoms with van der Waals surface area (Å²) < 4.78 is 444. The number of nitriles is 1. The maximum Gasteiger partial charge on any atom is 0.417 e. The van der Waals surface area contributed by atoms with Crippen LogP contribution in [-0.4, -0.2) is 9.13 Å². The molecule has 0 atom stereocenters. The van der Waals surface area contributed by atoms with E-state index in [2.05, 4.69) is 0 Å². The highest BCUT2D eigenvalue weighted by Gasteiger charge is 2.45. The number of nitrogens with zero attached hydrogens (tertiary/aromatic N) is 3. The van der Waals surface area contributed by atoms with Crippen molar-refractivity contribution in [2.24, 2.45) is 0 Å². The number of hydrogen-bond donors (Lipinski definition) is 0. The number of halogens is 30. The minimum Gasteiger partial charge on any atom is -0.309 e. The van der Waals surface area contributed by atoms with E-state index in [1.54, 1.807) is 6.07 Å². The maximum absolute atomic E-state index is 15.4. The van der Waals surface area contributed by atoms with Gasteiger partial charge in [-0.3, -0.25) is 0 Å². The SMILES string of the molecule is N#Cc1ccc(-n2c3ccc(-c4ccc(C(F)(F)F)cc4C(F)(F)F)cc3c3cc(-c4ccc(C(F)(F)F)cc4C(F)(F)F)ccc32)c(-c2cc(-c3c(C(F)(F)F)cccc3C(F)(F)F)ccc2-n2c3ccc(-c4ccc(C(F)(F)F)cc4C(F)(F)F)cc3c3cc(-c4ccc(C(F)(F)F)cc4C(F)(F)F)ccc32)c1. The van der Waals surface area contributed by atoms with Gasteiger partial charge in [0.2, 0.25) is 0 Å². The van der Waals surface area contributed by atoms with Crippen LogP contribution in [0.4, 0.5) is 132 Å². The summed E-state index contributed by atoms with van der Waals surface area (Å²) >= 11 is 0. The second-order valence-electron chi connectivity index (χ2n) is 24.9. The summed E-state index contributed by atoms with van der Waals surface area (Å²) in [5.41, 5.74) is -31.8. The summed E-state index contributed by atoms with van der Waals surface area (Å²) in [6.45, 7) is 0. The van der Waals surface area contributed by atoms with E-state index >= 15 is 79.0 Å². The van der Waals surface area contributed by atoms with E-state index in [0.29, 0.717) is 42.5 Å². The van der Waals surface area contributed by atoms with Crippen LogP contribution in [0.5, 0.6) is 0 Å². The third kappa shape index (κ3) is 14.0. The molecule has 0 spiro atoms. The Kier molecular flexibility index (Phi) is 18.0. The van der Waals surface area contributed by atoms with Gasteiger partial charge in [-0.15, -0.1) is 0 Å². The number of aromatic nitrogens is 2. The molecule has 0 aliphatic rings. The summed E-state index contributed by atoms with van der Waals surface area (Å²) in [7, 11) is 0. The lowest BCUT2D eigenvalue weighted by atomic mass is 9.89. The second kappa shape index (κ2) is 25.8. The Morgan fingerprint density at radius 2 is 0.473 bits per heavy atom. The second-order valence-corrected chi connectivity index (χ2v) is 24.9. The monoisotopic (exact) mass is 1570 g/mol. The van der Waals surface area contributed by atoms with Gasteiger partial charge in [0.1, 0.15) is 0 Å². The molecule has 0 saturated carbocycles. The van der Waals surface area contributed by atoms with Gasteiger partial charge in [-0.05, 0) is 190 Å². The highest BCUT2D eigenvalue weighted by Crippen LogP contribution is 2.53. The molecule has 2 aromatic heterocycles. The zero-order valence-corrected chi connectivity index (χ0v) is 53.7. The van der Waals surface area contributed by atoms with Crippen molar-refractivity contribution in [1.29, 1.82) is 5.26 Å². The minimum atomic E-state index is -5.68. The number of alkyl halides is 30. The van der Waals surface area contributed by atoms with E-state index in [4.69, 9.17) is 0 Å². The van der Waals surface area contributed by atoms with Crippen LogP contribution in [0.15, 0.2) is 200 Å². The molecule has 0 bridgehead atoms. The molecular weight excluding hydrogens is 1540 g/mol. The topological polar surface area (TPSA) is 33.6 Å². The zero-order chi connectivity index (χ0) is 80.2. The van der Waals surface area contributed by atoms with Gasteiger partial charge in [0.25, 0.3) is 0 Å². The smallest absolute Gasteiger partial charge is 0.309 e. The molecule has 0 aliphatic heterocycles. The first-order valence-corrected chi connectivity index (χ1v) is 31.1. The largest absolute Gasteiger partial charge is 0.417 e. The Morgan fingerprint density at radius 1 is 0.218 bits per heavy atom. The highest BCUT2D eigenvalue weighted by atomic mass is 19.4. The lowest BCUT2D eigenvalue weighted by Crippen LogP contribution is -2.14. The van der Waals surface area contributed by atoms with Gasteiger partial charge in [0.15, 0.2) is 0 Å². The quantitative estimate of drug-likeness (QED) is 0.140. The van der Waals surface area contributed by atoms with Gasteiger partial charge < -0.3 is 9.13 Å². The van der Waals surface area contributed by atoms with Crippen LogP contribution in [0.1, 0.15) is 61.2 Å². The molecular formula is C77H33F30N3.